The van der Waals surface area contributed by atoms with Crippen LogP contribution >= 0.6 is 0 Å². The summed E-state index contributed by atoms with van der Waals surface area (Å²) in [6.45, 7) is -2.38. The van der Waals surface area contributed by atoms with Gasteiger partial charge in [0.05, 0.1) is 0 Å². The average Bonchev–Trinajstić information content (AvgIpc) is 2.40. The van der Waals surface area contributed by atoms with Crippen molar-refractivity contribution in [1.29, 1.82) is 0 Å². The number of halogens is 2. The second-order valence-corrected chi connectivity index (χ2v) is 5.06. The topological polar surface area (TPSA) is 53.7 Å². The zero-order valence-electron chi connectivity index (χ0n) is 11.6. The van der Waals surface area contributed by atoms with Crippen molar-refractivity contribution in [3.05, 3.63) is 29.8 Å². The maximum atomic E-state index is 12.1. The standard InChI is InChI=1S/C14H19F2NO3/c1-18-14(19-2)7-13(8-14,9-17)10-3-5-11(6-4-10)20-12(15)16/h3-6,12H,7-9,17H2,1-2H3. The summed E-state index contributed by atoms with van der Waals surface area (Å²) in [6.07, 6.45) is 1.27. The highest BCUT2D eigenvalue weighted by Gasteiger charge is 2.55. The van der Waals surface area contributed by atoms with Gasteiger partial charge in [-0.25, -0.2) is 0 Å². The maximum absolute atomic E-state index is 12.1. The lowest BCUT2D eigenvalue weighted by atomic mass is 9.60. The third kappa shape index (κ3) is 2.63. The van der Waals surface area contributed by atoms with E-state index in [1.807, 2.05) is 0 Å². The fourth-order valence-corrected chi connectivity index (χ4v) is 2.81. The minimum atomic E-state index is -2.82. The van der Waals surface area contributed by atoms with E-state index in [1.165, 1.54) is 12.1 Å². The monoisotopic (exact) mass is 287 g/mol. The summed E-state index contributed by atoms with van der Waals surface area (Å²) in [5, 5.41) is 0. The lowest BCUT2D eigenvalue weighted by molar-refractivity contribution is -0.277. The number of rotatable bonds is 6. The molecule has 1 saturated carbocycles. The number of hydrogen-bond donors (Lipinski definition) is 1. The minimum absolute atomic E-state index is 0.139. The fourth-order valence-electron chi connectivity index (χ4n) is 2.81. The van der Waals surface area contributed by atoms with Crippen LogP contribution in [0.3, 0.4) is 0 Å². The predicted molar refractivity (Wildman–Crippen MR) is 69.8 cm³/mol. The van der Waals surface area contributed by atoms with E-state index in [0.29, 0.717) is 19.4 Å². The van der Waals surface area contributed by atoms with Gasteiger partial charge in [0.25, 0.3) is 0 Å². The lowest BCUT2D eigenvalue weighted by Crippen LogP contribution is -2.60. The van der Waals surface area contributed by atoms with Crippen molar-refractivity contribution in [3.63, 3.8) is 0 Å². The molecule has 0 amide bonds. The van der Waals surface area contributed by atoms with Gasteiger partial charge in [0, 0.05) is 39.0 Å². The summed E-state index contributed by atoms with van der Waals surface area (Å²) in [5.41, 5.74) is 6.63. The van der Waals surface area contributed by atoms with Gasteiger partial charge >= 0.3 is 6.61 Å². The molecule has 0 spiro atoms. The summed E-state index contributed by atoms with van der Waals surface area (Å²) < 4.78 is 39.3. The Balaban J connectivity index is 2.14. The third-order valence-corrected chi connectivity index (χ3v) is 4.04. The molecule has 0 aromatic heterocycles. The smallest absolute Gasteiger partial charge is 0.387 e. The van der Waals surface area contributed by atoms with Crippen molar-refractivity contribution >= 4 is 0 Å². The van der Waals surface area contributed by atoms with E-state index in [1.54, 1.807) is 26.4 Å². The molecule has 20 heavy (non-hydrogen) atoms. The van der Waals surface area contributed by atoms with Gasteiger partial charge in [0.2, 0.25) is 0 Å². The van der Waals surface area contributed by atoms with Crippen LogP contribution in [0.2, 0.25) is 0 Å². The zero-order chi connectivity index (χ0) is 14.8. The molecule has 2 N–H and O–H groups in total. The Morgan fingerprint density at radius 2 is 1.70 bits per heavy atom. The first-order valence-corrected chi connectivity index (χ1v) is 6.35. The number of hydrogen-bond acceptors (Lipinski definition) is 4. The lowest BCUT2D eigenvalue weighted by Gasteiger charge is -2.54. The molecule has 0 saturated heterocycles. The van der Waals surface area contributed by atoms with Crippen molar-refractivity contribution in [2.45, 2.75) is 30.7 Å². The van der Waals surface area contributed by atoms with Crippen molar-refractivity contribution in [2.24, 2.45) is 5.73 Å². The van der Waals surface area contributed by atoms with E-state index >= 15 is 0 Å². The van der Waals surface area contributed by atoms with Crippen LogP contribution in [0.1, 0.15) is 18.4 Å². The quantitative estimate of drug-likeness (QED) is 0.815. The van der Waals surface area contributed by atoms with Crippen LogP contribution in [0.5, 0.6) is 5.75 Å². The van der Waals surface area contributed by atoms with E-state index < -0.39 is 12.4 Å². The molecule has 0 radical (unpaired) electrons. The molecule has 6 heteroatoms. The number of alkyl halides is 2. The zero-order valence-corrected chi connectivity index (χ0v) is 11.6. The van der Waals surface area contributed by atoms with Gasteiger partial charge in [-0.1, -0.05) is 12.1 Å². The van der Waals surface area contributed by atoms with Crippen LogP contribution in [0.4, 0.5) is 8.78 Å². The third-order valence-electron chi connectivity index (χ3n) is 4.04. The van der Waals surface area contributed by atoms with Crippen molar-refractivity contribution < 1.29 is 23.0 Å². The molecule has 0 atom stereocenters. The Hall–Kier alpha value is -1.24. The minimum Gasteiger partial charge on any atom is -0.435 e. The van der Waals surface area contributed by atoms with Crippen LogP contribution in [-0.4, -0.2) is 33.2 Å². The molecule has 0 bridgehead atoms. The molecule has 4 nitrogen and oxygen atoms in total. The molecule has 1 aromatic carbocycles. The molecule has 1 aliphatic carbocycles. The molecule has 1 fully saturated rings. The van der Waals surface area contributed by atoms with Gasteiger partial charge in [0.15, 0.2) is 5.79 Å². The van der Waals surface area contributed by atoms with E-state index in [4.69, 9.17) is 15.2 Å². The highest BCUT2D eigenvalue weighted by Crippen LogP contribution is 2.51. The highest BCUT2D eigenvalue weighted by atomic mass is 19.3. The van der Waals surface area contributed by atoms with Crippen LogP contribution < -0.4 is 10.5 Å². The van der Waals surface area contributed by atoms with E-state index in [0.717, 1.165) is 5.56 Å². The van der Waals surface area contributed by atoms with Gasteiger partial charge < -0.3 is 19.9 Å². The van der Waals surface area contributed by atoms with Crippen molar-refractivity contribution in [1.82, 2.24) is 0 Å². The molecule has 0 heterocycles. The molecular weight excluding hydrogens is 268 g/mol. The second-order valence-electron chi connectivity index (χ2n) is 5.06. The summed E-state index contributed by atoms with van der Waals surface area (Å²) in [5.74, 6) is -0.461. The van der Waals surface area contributed by atoms with Gasteiger partial charge in [-0.15, -0.1) is 0 Å². The molecule has 1 aliphatic rings. The van der Waals surface area contributed by atoms with Crippen LogP contribution in [0.15, 0.2) is 24.3 Å². The Labute approximate surface area is 116 Å². The first kappa shape index (κ1) is 15.2. The largest absolute Gasteiger partial charge is 0.435 e. The average molecular weight is 287 g/mol. The van der Waals surface area contributed by atoms with E-state index in [-0.39, 0.29) is 11.2 Å². The SMILES string of the molecule is COC1(OC)CC(CN)(c2ccc(OC(F)F)cc2)C1. The van der Waals surface area contributed by atoms with Gasteiger partial charge in [-0.2, -0.15) is 8.78 Å². The fraction of sp³-hybridized carbons (Fsp3) is 0.571. The summed E-state index contributed by atoms with van der Waals surface area (Å²) in [6, 6.07) is 6.58. The molecular formula is C14H19F2NO3. The van der Waals surface area contributed by atoms with Gasteiger partial charge in [-0.05, 0) is 17.7 Å². The predicted octanol–water partition coefficient (Wildman–Crippen LogP) is 2.27. The van der Waals surface area contributed by atoms with Crippen molar-refractivity contribution in [3.8, 4) is 5.75 Å². The first-order valence-electron chi connectivity index (χ1n) is 6.35. The Kier molecular flexibility index (Phi) is 4.27. The Morgan fingerprint density at radius 3 is 2.10 bits per heavy atom. The van der Waals surface area contributed by atoms with Crippen LogP contribution in [0, 0.1) is 0 Å². The number of ether oxygens (including phenoxy) is 3. The first-order chi connectivity index (χ1) is 9.49. The summed E-state index contributed by atoms with van der Waals surface area (Å²) >= 11 is 0. The van der Waals surface area contributed by atoms with Crippen LogP contribution in [-0.2, 0) is 14.9 Å². The maximum Gasteiger partial charge on any atom is 0.387 e. The molecule has 2 rings (SSSR count). The van der Waals surface area contributed by atoms with E-state index in [9.17, 15) is 8.78 Å². The van der Waals surface area contributed by atoms with Gasteiger partial charge in [-0.3, -0.25) is 0 Å². The van der Waals surface area contributed by atoms with Crippen molar-refractivity contribution in [2.75, 3.05) is 20.8 Å². The summed E-state index contributed by atoms with van der Waals surface area (Å²) in [4.78, 5) is 0. The summed E-state index contributed by atoms with van der Waals surface area (Å²) in [7, 11) is 3.20. The normalized spacial score (nSPS) is 19.7. The van der Waals surface area contributed by atoms with Gasteiger partial charge in [0.1, 0.15) is 5.75 Å². The second kappa shape index (κ2) is 5.63. The Bertz CT molecular complexity index is 438. The van der Waals surface area contributed by atoms with Crippen LogP contribution in [0.25, 0.3) is 0 Å². The number of methoxy groups -OCH3 is 2. The van der Waals surface area contributed by atoms with E-state index in [2.05, 4.69) is 4.74 Å². The number of nitrogens with two attached hydrogens (primary N) is 1. The molecule has 0 unspecified atom stereocenters. The highest BCUT2D eigenvalue weighted by molar-refractivity contribution is 5.36. The molecule has 0 aliphatic heterocycles. The molecule has 1 aromatic rings. The number of benzene rings is 1. The Morgan fingerprint density at radius 1 is 1.15 bits per heavy atom. The molecule has 112 valence electrons.